The van der Waals surface area contributed by atoms with Gasteiger partial charge in [0.25, 0.3) is 5.91 Å². The number of aliphatic imine (C=N–C) groups is 1. The number of likely N-dealkylation sites (tertiary alicyclic amines) is 1. The number of hydrogen-bond acceptors (Lipinski definition) is 4. The van der Waals surface area contributed by atoms with Gasteiger partial charge in [0.2, 0.25) is 0 Å². The standard InChI is InChI=1S/C18H19ClFN5O.C2H6/c1-11-7-22-16(9-21-11)25-10-15(19)14-6-12(8-23-17(14)25)18(26)24-4-2-13(20)3-5-24;1-2/h6,8-10,13,22H,2-5,7H2,1H3;1-2H3. The smallest absolute Gasteiger partial charge is 0.255 e. The van der Waals surface area contributed by atoms with Crippen molar-refractivity contribution in [3.05, 3.63) is 35.2 Å². The number of pyridine rings is 1. The minimum absolute atomic E-state index is 0.134. The molecule has 6 nitrogen and oxygen atoms in total. The van der Waals surface area contributed by atoms with Gasteiger partial charge in [-0.3, -0.25) is 14.4 Å². The van der Waals surface area contributed by atoms with E-state index in [-0.39, 0.29) is 5.91 Å². The second kappa shape index (κ2) is 8.73. The van der Waals surface area contributed by atoms with Gasteiger partial charge in [0, 0.05) is 36.6 Å². The Hall–Kier alpha value is -2.41. The van der Waals surface area contributed by atoms with Gasteiger partial charge in [0.15, 0.2) is 0 Å². The molecule has 2 aliphatic heterocycles. The summed E-state index contributed by atoms with van der Waals surface area (Å²) in [5.74, 6) is 0.648. The van der Waals surface area contributed by atoms with Crippen molar-refractivity contribution in [2.24, 2.45) is 4.99 Å². The second-order valence-electron chi connectivity index (χ2n) is 6.64. The number of rotatable bonds is 2. The van der Waals surface area contributed by atoms with Crippen molar-refractivity contribution in [3.63, 3.8) is 0 Å². The number of amides is 1. The predicted molar refractivity (Wildman–Crippen MR) is 112 cm³/mol. The molecule has 0 radical (unpaired) electrons. The van der Waals surface area contributed by atoms with Gasteiger partial charge in [-0.25, -0.2) is 9.37 Å². The molecule has 0 saturated carbocycles. The van der Waals surface area contributed by atoms with Gasteiger partial charge in [-0.1, -0.05) is 25.4 Å². The molecule has 1 amide bonds. The van der Waals surface area contributed by atoms with Crippen LogP contribution in [0.3, 0.4) is 0 Å². The fraction of sp³-hybridized carbons (Fsp3) is 0.450. The number of piperidine rings is 1. The average molecular weight is 406 g/mol. The number of hydrogen-bond donors (Lipinski definition) is 1. The van der Waals surface area contributed by atoms with E-state index in [9.17, 15) is 9.18 Å². The van der Waals surface area contributed by atoms with Crippen LogP contribution in [0.1, 0.15) is 44.0 Å². The van der Waals surface area contributed by atoms with Gasteiger partial charge in [0.1, 0.15) is 17.6 Å². The highest BCUT2D eigenvalue weighted by atomic mass is 35.5. The lowest BCUT2D eigenvalue weighted by atomic mass is 10.1. The molecule has 2 aliphatic rings. The Labute approximate surface area is 169 Å². The summed E-state index contributed by atoms with van der Waals surface area (Å²) in [6.45, 7) is 7.47. The van der Waals surface area contributed by atoms with Gasteiger partial charge < -0.3 is 10.2 Å². The van der Waals surface area contributed by atoms with E-state index < -0.39 is 6.17 Å². The zero-order valence-electron chi connectivity index (χ0n) is 16.4. The number of carbonyl (C=O) groups is 1. The molecule has 0 bridgehead atoms. The number of nitrogens with one attached hydrogen (secondary N) is 1. The summed E-state index contributed by atoms with van der Waals surface area (Å²) < 4.78 is 15.1. The number of alkyl halides is 1. The molecule has 1 N–H and O–H groups in total. The quantitative estimate of drug-likeness (QED) is 0.817. The summed E-state index contributed by atoms with van der Waals surface area (Å²) in [5.41, 5.74) is 2.12. The minimum Gasteiger partial charge on any atom is -0.365 e. The Balaban J connectivity index is 0.00000109. The number of fused-ring (bicyclic) bond motifs is 1. The molecule has 0 atom stereocenters. The van der Waals surface area contributed by atoms with Crippen LogP contribution in [0.25, 0.3) is 16.9 Å². The Morgan fingerprint density at radius 3 is 2.68 bits per heavy atom. The molecule has 2 aromatic heterocycles. The Kier molecular flexibility index (Phi) is 6.34. The normalized spacial score (nSPS) is 17.4. The number of halogens is 2. The highest BCUT2D eigenvalue weighted by molar-refractivity contribution is 6.35. The van der Waals surface area contributed by atoms with Crippen molar-refractivity contribution in [3.8, 4) is 0 Å². The molecule has 0 aliphatic carbocycles. The van der Waals surface area contributed by atoms with E-state index >= 15 is 0 Å². The zero-order chi connectivity index (χ0) is 20.3. The molecule has 0 aromatic carbocycles. The molecule has 0 spiro atoms. The molecule has 150 valence electrons. The van der Waals surface area contributed by atoms with Crippen LogP contribution >= 0.6 is 11.6 Å². The van der Waals surface area contributed by atoms with E-state index in [1.165, 1.54) is 0 Å². The monoisotopic (exact) mass is 405 g/mol. The molecule has 0 unspecified atom stereocenters. The number of aromatic nitrogens is 2. The van der Waals surface area contributed by atoms with Crippen LogP contribution in [-0.4, -0.2) is 51.9 Å². The fourth-order valence-electron chi connectivity index (χ4n) is 3.23. The molecule has 28 heavy (non-hydrogen) atoms. The largest absolute Gasteiger partial charge is 0.365 e. The predicted octanol–water partition coefficient (Wildman–Crippen LogP) is 4.11. The van der Waals surface area contributed by atoms with E-state index in [0.29, 0.717) is 54.1 Å². The van der Waals surface area contributed by atoms with Gasteiger partial charge in [-0.15, -0.1) is 0 Å². The lowest BCUT2D eigenvalue weighted by Crippen LogP contribution is -2.39. The Morgan fingerprint density at radius 2 is 2.04 bits per heavy atom. The lowest BCUT2D eigenvalue weighted by molar-refractivity contribution is 0.0667. The van der Waals surface area contributed by atoms with Gasteiger partial charge in [0.05, 0.1) is 23.3 Å². The van der Waals surface area contributed by atoms with Gasteiger partial charge in [-0.05, 0) is 25.8 Å². The second-order valence-corrected chi connectivity index (χ2v) is 7.05. The number of carbonyl (C=O) groups excluding carboxylic acids is 1. The Bertz CT molecular complexity index is 928. The summed E-state index contributed by atoms with van der Waals surface area (Å²) in [4.78, 5) is 23.1. The molecule has 4 rings (SSSR count). The summed E-state index contributed by atoms with van der Waals surface area (Å²) in [6.07, 6.45) is 5.01. The molecule has 8 heteroatoms. The molecule has 2 aromatic rings. The van der Waals surface area contributed by atoms with Crippen LogP contribution in [0.5, 0.6) is 0 Å². The van der Waals surface area contributed by atoms with Crippen molar-refractivity contribution < 1.29 is 9.18 Å². The van der Waals surface area contributed by atoms with Crippen molar-refractivity contribution in [1.82, 2.24) is 19.8 Å². The fourth-order valence-corrected chi connectivity index (χ4v) is 3.47. The lowest BCUT2D eigenvalue weighted by Gasteiger charge is -2.28. The van der Waals surface area contributed by atoms with Crippen molar-refractivity contribution in [2.45, 2.75) is 39.8 Å². The van der Waals surface area contributed by atoms with Gasteiger partial charge in [-0.2, -0.15) is 0 Å². The van der Waals surface area contributed by atoms with E-state index in [0.717, 1.165) is 11.5 Å². The average Bonchev–Trinajstić information content (AvgIpc) is 3.06. The first-order chi connectivity index (χ1) is 13.5. The van der Waals surface area contributed by atoms with Crippen LogP contribution in [0.15, 0.2) is 29.7 Å². The molecule has 1 fully saturated rings. The maximum Gasteiger partial charge on any atom is 0.255 e. The van der Waals surface area contributed by atoms with E-state index in [4.69, 9.17) is 11.6 Å². The SMILES string of the molecule is CC.CC1=NC=C(n2cc(Cl)c3cc(C(=O)N4CCC(F)CC4)cnc32)NC1. The topological polar surface area (TPSA) is 62.5 Å². The van der Waals surface area contributed by atoms with Crippen molar-refractivity contribution in [1.29, 1.82) is 0 Å². The highest BCUT2D eigenvalue weighted by Crippen LogP contribution is 2.28. The summed E-state index contributed by atoms with van der Waals surface area (Å²) in [5, 5.41) is 4.48. The third-order valence-electron chi connectivity index (χ3n) is 4.75. The summed E-state index contributed by atoms with van der Waals surface area (Å²) >= 11 is 6.38. The molecule has 1 saturated heterocycles. The van der Waals surface area contributed by atoms with Crippen LogP contribution in [0, 0.1) is 0 Å². The van der Waals surface area contributed by atoms with E-state index in [2.05, 4.69) is 15.3 Å². The van der Waals surface area contributed by atoms with Crippen molar-refractivity contribution in [2.75, 3.05) is 19.6 Å². The third kappa shape index (κ3) is 4.04. The van der Waals surface area contributed by atoms with E-state index in [1.54, 1.807) is 29.6 Å². The summed E-state index contributed by atoms with van der Waals surface area (Å²) in [7, 11) is 0. The maximum absolute atomic E-state index is 13.3. The first-order valence-electron chi connectivity index (χ1n) is 9.60. The minimum atomic E-state index is -0.814. The molecular weight excluding hydrogens is 381 g/mol. The molecular formula is C20H25ClFN5O. The van der Waals surface area contributed by atoms with Crippen molar-refractivity contribution >= 4 is 40.1 Å². The highest BCUT2D eigenvalue weighted by Gasteiger charge is 2.24. The first-order valence-corrected chi connectivity index (χ1v) is 9.98. The first kappa shape index (κ1) is 20.3. The van der Waals surface area contributed by atoms with Crippen LogP contribution < -0.4 is 5.32 Å². The zero-order valence-corrected chi connectivity index (χ0v) is 17.1. The van der Waals surface area contributed by atoms with E-state index in [1.807, 2.05) is 25.3 Å². The summed E-state index contributed by atoms with van der Waals surface area (Å²) in [6, 6.07) is 1.75. The molecule has 4 heterocycles. The van der Waals surface area contributed by atoms with Crippen LogP contribution in [0.4, 0.5) is 4.39 Å². The van der Waals surface area contributed by atoms with Gasteiger partial charge >= 0.3 is 0 Å². The Morgan fingerprint density at radius 1 is 1.32 bits per heavy atom. The third-order valence-corrected chi connectivity index (χ3v) is 5.05. The van der Waals surface area contributed by atoms with Crippen LogP contribution in [-0.2, 0) is 0 Å². The maximum atomic E-state index is 13.3. The number of nitrogens with zero attached hydrogens (tertiary/aromatic N) is 4. The van der Waals surface area contributed by atoms with Crippen LogP contribution in [0.2, 0.25) is 5.02 Å².